The number of likely N-dealkylation sites (N-methyl/N-ethyl adjacent to an activating group) is 1. The first kappa shape index (κ1) is 21.0. The average molecular weight is 437 g/mol. The van der Waals surface area contributed by atoms with Crippen LogP contribution in [0.15, 0.2) is 35.1 Å². The minimum Gasteiger partial charge on any atom is -0.341 e. The minimum absolute atomic E-state index is 0.0556. The van der Waals surface area contributed by atoms with E-state index in [1.807, 2.05) is 29.8 Å². The second-order valence-electron chi connectivity index (χ2n) is 9.07. The van der Waals surface area contributed by atoms with E-state index in [-0.39, 0.29) is 11.6 Å². The summed E-state index contributed by atoms with van der Waals surface area (Å²) in [5.41, 5.74) is 8.42. The third kappa shape index (κ3) is 3.86. The molecule has 2 saturated heterocycles. The summed E-state index contributed by atoms with van der Waals surface area (Å²) in [4.78, 5) is 30.1. The Labute approximate surface area is 188 Å². The van der Waals surface area contributed by atoms with Crippen molar-refractivity contribution in [2.75, 3.05) is 56.1 Å². The van der Waals surface area contributed by atoms with E-state index in [4.69, 9.17) is 15.7 Å². The topological polar surface area (TPSA) is 88.5 Å². The third-order valence-corrected chi connectivity index (χ3v) is 6.65. The number of nitrogens with zero attached hydrogens (tertiary/aromatic N) is 7. The van der Waals surface area contributed by atoms with E-state index in [0.29, 0.717) is 23.7 Å². The number of piperidine rings is 1. The predicted molar refractivity (Wildman–Crippen MR) is 127 cm³/mol. The molecule has 4 heterocycles. The largest absolute Gasteiger partial charge is 0.341 e. The normalized spacial score (nSPS) is 20.3. The molecule has 9 heteroatoms. The van der Waals surface area contributed by atoms with E-state index >= 15 is 0 Å². The third-order valence-electron chi connectivity index (χ3n) is 6.65. The number of anilines is 2. The van der Waals surface area contributed by atoms with Crippen LogP contribution in [0.5, 0.6) is 0 Å². The highest BCUT2D eigenvalue weighted by atomic mass is 16.1. The Morgan fingerprint density at radius 2 is 1.69 bits per heavy atom. The molecule has 3 aromatic rings. The average Bonchev–Trinajstić information content (AvgIpc) is 3.16. The molecule has 2 N–H and O–H groups in total. The number of piperazine rings is 1. The molecule has 1 unspecified atom stereocenters. The van der Waals surface area contributed by atoms with Gasteiger partial charge in [-0.05, 0) is 25.5 Å². The fourth-order valence-corrected chi connectivity index (χ4v) is 4.78. The molecule has 2 aliphatic rings. The lowest BCUT2D eigenvalue weighted by Crippen LogP contribution is -2.46. The highest BCUT2D eigenvalue weighted by Crippen LogP contribution is 2.25. The van der Waals surface area contributed by atoms with Crippen LogP contribution in [0.1, 0.15) is 18.4 Å². The van der Waals surface area contributed by atoms with Crippen LogP contribution in [0.4, 0.5) is 11.9 Å². The van der Waals surface area contributed by atoms with Gasteiger partial charge in [-0.1, -0.05) is 30.3 Å². The molecule has 2 aromatic heterocycles. The van der Waals surface area contributed by atoms with Crippen molar-refractivity contribution in [3.8, 4) is 0 Å². The van der Waals surface area contributed by atoms with E-state index in [1.165, 1.54) is 0 Å². The van der Waals surface area contributed by atoms with Gasteiger partial charge < -0.3 is 20.4 Å². The van der Waals surface area contributed by atoms with Gasteiger partial charge in [-0.25, -0.2) is 0 Å². The fourth-order valence-electron chi connectivity index (χ4n) is 4.78. The quantitative estimate of drug-likeness (QED) is 0.649. The Kier molecular flexibility index (Phi) is 5.60. The molecule has 32 heavy (non-hydrogen) atoms. The lowest BCUT2D eigenvalue weighted by atomic mass is 10.1. The van der Waals surface area contributed by atoms with E-state index in [0.717, 1.165) is 63.6 Å². The second-order valence-corrected chi connectivity index (χ2v) is 9.07. The van der Waals surface area contributed by atoms with Crippen molar-refractivity contribution in [2.45, 2.75) is 25.4 Å². The SMILES string of the molecule is CN1CCN(c2nc3nc(N4CCCC(N)C4)n(Cc4ccccc4)c3c(=O)n2C)CC1. The molecule has 5 rings (SSSR count). The summed E-state index contributed by atoms with van der Waals surface area (Å²) in [5, 5.41) is 0. The fraction of sp³-hybridized carbons (Fsp3) is 0.522. The summed E-state index contributed by atoms with van der Waals surface area (Å²) in [6, 6.07) is 10.3. The second kappa shape index (κ2) is 8.55. The van der Waals surface area contributed by atoms with Crippen molar-refractivity contribution < 1.29 is 0 Å². The molecular weight excluding hydrogens is 404 g/mol. The number of fused-ring (bicyclic) bond motifs is 1. The number of hydrogen-bond donors (Lipinski definition) is 1. The maximum absolute atomic E-state index is 13.6. The first-order chi connectivity index (χ1) is 15.5. The Balaban J connectivity index is 1.63. The van der Waals surface area contributed by atoms with Crippen LogP contribution in [-0.2, 0) is 13.6 Å². The van der Waals surface area contributed by atoms with Gasteiger partial charge >= 0.3 is 0 Å². The van der Waals surface area contributed by atoms with Crippen molar-refractivity contribution in [3.05, 3.63) is 46.2 Å². The Hall–Kier alpha value is -2.91. The molecule has 170 valence electrons. The van der Waals surface area contributed by atoms with Gasteiger partial charge in [0.25, 0.3) is 5.56 Å². The van der Waals surface area contributed by atoms with Gasteiger partial charge in [0.15, 0.2) is 11.2 Å². The van der Waals surface area contributed by atoms with Crippen LogP contribution < -0.4 is 21.1 Å². The van der Waals surface area contributed by atoms with Crippen molar-refractivity contribution >= 4 is 23.1 Å². The molecule has 0 amide bonds. The van der Waals surface area contributed by atoms with Crippen molar-refractivity contribution in [2.24, 2.45) is 12.8 Å². The summed E-state index contributed by atoms with van der Waals surface area (Å²) in [6.07, 6.45) is 2.04. The first-order valence-corrected chi connectivity index (χ1v) is 11.5. The van der Waals surface area contributed by atoms with Crippen LogP contribution in [0.2, 0.25) is 0 Å². The maximum atomic E-state index is 13.6. The van der Waals surface area contributed by atoms with Gasteiger partial charge in [0, 0.05) is 52.4 Å². The van der Waals surface area contributed by atoms with Crippen LogP contribution in [0, 0.1) is 0 Å². The summed E-state index contributed by atoms with van der Waals surface area (Å²) in [6.45, 7) is 5.80. The van der Waals surface area contributed by atoms with Gasteiger partial charge in [0.05, 0.1) is 6.54 Å². The lowest BCUT2D eigenvalue weighted by Gasteiger charge is -2.33. The molecule has 0 bridgehead atoms. The number of benzene rings is 1. The van der Waals surface area contributed by atoms with Gasteiger partial charge in [-0.15, -0.1) is 0 Å². The number of aromatic nitrogens is 4. The molecule has 0 aliphatic carbocycles. The summed E-state index contributed by atoms with van der Waals surface area (Å²) >= 11 is 0. The van der Waals surface area contributed by atoms with Crippen LogP contribution in [0.25, 0.3) is 11.2 Å². The number of hydrogen-bond acceptors (Lipinski definition) is 7. The van der Waals surface area contributed by atoms with Gasteiger partial charge in [-0.3, -0.25) is 13.9 Å². The molecule has 2 aliphatic heterocycles. The van der Waals surface area contributed by atoms with Crippen molar-refractivity contribution in [1.29, 1.82) is 0 Å². The van der Waals surface area contributed by atoms with E-state index < -0.39 is 0 Å². The summed E-state index contributed by atoms with van der Waals surface area (Å²) in [7, 11) is 3.94. The maximum Gasteiger partial charge on any atom is 0.281 e. The zero-order chi connectivity index (χ0) is 22.2. The molecule has 0 saturated carbocycles. The number of nitrogens with two attached hydrogens (primary N) is 1. The minimum atomic E-state index is -0.0556. The molecule has 2 fully saturated rings. The Morgan fingerprint density at radius 3 is 2.41 bits per heavy atom. The molecular formula is C23H32N8O. The van der Waals surface area contributed by atoms with Gasteiger partial charge in [-0.2, -0.15) is 9.97 Å². The Morgan fingerprint density at radius 1 is 0.969 bits per heavy atom. The predicted octanol–water partition coefficient (Wildman–Crippen LogP) is 0.858. The standard InChI is InChI=1S/C23H32N8O/c1-27-11-13-29(14-12-27)22-25-20-19(21(32)28(22)2)31(15-17-7-4-3-5-8-17)23(26-20)30-10-6-9-18(24)16-30/h3-5,7-8,18H,6,9-16,24H2,1-2H3. The van der Waals surface area contributed by atoms with E-state index in [9.17, 15) is 4.79 Å². The van der Waals surface area contributed by atoms with Crippen molar-refractivity contribution in [3.63, 3.8) is 0 Å². The van der Waals surface area contributed by atoms with Crippen LogP contribution in [-0.4, -0.2) is 76.4 Å². The van der Waals surface area contributed by atoms with Gasteiger partial charge in [0.1, 0.15) is 0 Å². The number of rotatable bonds is 4. The van der Waals surface area contributed by atoms with Gasteiger partial charge in [0.2, 0.25) is 11.9 Å². The summed E-state index contributed by atoms with van der Waals surface area (Å²) < 4.78 is 3.72. The zero-order valence-electron chi connectivity index (χ0n) is 18.9. The van der Waals surface area contributed by atoms with E-state index in [2.05, 4.69) is 33.9 Å². The van der Waals surface area contributed by atoms with Crippen LogP contribution >= 0.6 is 0 Å². The smallest absolute Gasteiger partial charge is 0.281 e. The molecule has 0 radical (unpaired) electrons. The Bertz CT molecular complexity index is 1150. The van der Waals surface area contributed by atoms with Crippen LogP contribution in [0.3, 0.4) is 0 Å². The molecule has 0 spiro atoms. The monoisotopic (exact) mass is 436 g/mol. The van der Waals surface area contributed by atoms with E-state index in [1.54, 1.807) is 4.57 Å². The number of imidazole rings is 1. The molecule has 1 aromatic carbocycles. The first-order valence-electron chi connectivity index (χ1n) is 11.5. The molecule has 9 nitrogen and oxygen atoms in total. The van der Waals surface area contributed by atoms with Crippen molar-refractivity contribution in [1.82, 2.24) is 24.0 Å². The molecule has 1 atom stereocenters. The highest BCUT2D eigenvalue weighted by molar-refractivity contribution is 5.76. The zero-order valence-corrected chi connectivity index (χ0v) is 18.9. The summed E-state index contributed by atoms with van der Waals surface area (Å²) in [5.74, 6) is 1.49. The lowest BCUT2D eigenvalue weighted by molar-refractivity contribution is 0.310. The highest BCUT2D eigenvalue weighted by Gasteiger charge is 2.27.